The largest absolute Gasteiger partial charge is 0.469 e. The average Bonchev–Trinajstić information content (AvgIpc) is 2.18. The molecular weight excluding hydrogens is 190 g/mol. The van der Waals surface area contributed by atoms with Crippen LogP contribution in [0.1, 0.15) is 12.8 Å². The molecule has 0 saturated carbocycles. The van der Waals surface area contributed by atoms with Crippen molar-refractivity contribution in [2.24, 2.45) is 0 Å². The smallest absolute Gasteiger partial charge is 0.330 e. The summed E-state index contributed by atoms with van der Waals surface area (Å²) in [5.74, 6) is -1.12. The van der Waals surface area contributed by atoms with Crippen LogP contribution in [0.15, 0.2) is 0 Å². The van der Waals surface area contributed by atoms with Gasteiger partial charge in [-0.15, -0.1) is 0 Å². The van der Waals surface area contributed by atoms with Crippen molar-refractivity contribution < 1.29 is 23.9 Å². The number of hydrogen-bond acceptors (Lipinski definition) is 6. The zero-order chi connectivity index (χ0) is 11.0. The van der Waals surface area contributed by atoms with Gasteiger partial charge in [-0.3, -0.25) is 9.59 Å². The lowest BCUT2D eigenvalue weighted by Gasteiger charge is -2.11. The van der Waals surface area contributed by atoms with Crippen LogP contribution in [-0.4, -0.2) is 38.6 Å². The van der Waals surface area contributed by atoms with Crippen molar-refractivity contribution >= 4 is 18.4 Å². The molecule has 0 bridgehead atoms. The number of rotatable bonds is 6. The monoisotopic (exact) mass is 203 g/mol. The molecule has 0 amide bonds. The van der Waals surface area contributed by atoms with Crippen molar-refractivity contribution in [2.45, 2.75) is 18.9 Å². The first-order valence-corrected chi connectivity index (χ1v) is 4.04. The molecule has 0 aliphatic rings. The van der Waals surface area contributed by atoms with E-state index in [1.54, 1.807) is 0 Å². The van der Waals surface area contributed by atoms with Gasteiger partial charge in [0.05, 0.1) is 7.11 Å². The Morgan fingerprint density at radius 3 is 2.57 bits per heavy atom. The summed E-state index contributed by atoms with van der Waals surface area (Å²) in [5, 5.41) is 2.62. The summed E-state index contributed by atoms with van der Waals surface area (Å²) < 4.78 is 8.52. The number of methoxy groups -OCH3 is 1. The van der Waals surface area contributed by atoms with Crippen LogP contribution in [-0.2, 0) is 23.9 Å². The van der Waals surface area contributed by atoms with Gasteiger partial charge in [0.15, 0.2) is 0 Å². The summed E-state index contributed by atoms with van der Waals surface area (Å²) in [6, 6.07) is -0.667. The highest BCUT2D eigenvalue weighted by Gasteiger charge is 2.19. The zero-order valence-electron chi connectivity index (χ0n) is 8.11. The zero-order valence-corrected chi connectivity index (χ0v) is 8.11. The van der Waals surface area contributed by atoms with Crippen LogP contribution in [0, 0.1) is 0 Å². The van der Waals surface area contributed by atoms with E-state index in [4.69, 9.17) is 0 Å². The topological polar surface area (TPSA) is 81.7 Å². The Labute approximate surface area is 81.6 Å². The van der Waals surface area contributed by atoms with Crippen LogP contribution in [0.2, 0.25) is 0 Å². The summed E-state index contributed by atoms with van der Waals surface area (Å²) in [6.07, 6.45) is 0.325. The molecule has 0 rings (SSSR count). The molecule has 0 heterocycles. The molecule has 0 saturated heterocycles. The fraction of sp³-hybridized carbons (Fsp3) is 0.625. The third kappa shape index (κ3) is 4.56. The summed E-state index contributed by atoms with van der Waals surface area (Å²) in [7, 11) is 2.80. The maximum atomic E-state index is 11.0. The van der Waals surface area contributed by atoms with Crippen molar-refractivity contribution in [3.8, 4) is 0 Å². The molecule has 0 aliphatic heterocycles. The minimum Gasteiger partial charge on any atom is -0.469 e. The molecule has 0 radical (unpaired) electrons. The van der Waals surface area contributed by atoms with Gasteiger partial charge in [-0.2, -0.15) is 0 Å². The Balaban J connectivity index is 3.95. The lowest BCUT2D eigenvalue weighted by atomic mass is 10.1. The SMILES string of the molecule is CNC(CCC(=O)OC)C(=O)OC=O. The van der Waals surface area contributed by atoms with Crippen LogP contribution in [0.5, 0.6) is 0 Å². The molecule has 0 aliphatic carbocycles. The van der Waals surface area contributed by atoms with Gasteiger partial charge >= 0.3 is 18.4 Å². The Morgan fingerprint density at radius 1 is 1.50 bits per heavy atom. The van der Waals surface area contributed by atoms with E-state index in [-0.39, 0.29) is 19.3 Å². The molecular formula is C8H13NO5. The predicted molar refractivity (Wildman–Crippen MR) is 46.3 cm³/mol. The second-order valence-corrected chi connectivity index (χ2v) is 2.49. The van der Waals surface area contributed by atoms with Crippen molar-refractivity contribution in [1.82, 2.24) is 5.32 Å². The molecule has 1 N–H and O–H groups in total. The summed E-state index contributed by atoms with van der Waals surface area (Å²) in [4.78, 5) is 31.6. The van der Waals surface area contributed by atoms with Gasteiger partial charge in [0.2, 0.25) is 0 Å². The van der Waals surface area contributed by atoms with E-state index in [1.165, 1.54) is 14.2 Å². The van der Waals surface area contributed by atoms with Crippen molar-refractivity contribution in [1.29, 1.82) is 0 Å². The highest BCUT2D eigenvalue weighted by Crippen LogP contribution is 2.00. The van der Waals surface area contributed by atoms with E-state index >= 15 is 0 Å². The standard InChI is InChI=1S/C8H13NO5/c1-9-6(8(12)14-5-10)3-4-7(11)13-2/h5-6,9H,3-4H2,1-2H3. The van der Waals surface area contributed by atoms with E-state index in [0.29, 0.717) is 0 Å². The van der Waals surface area contributed by atoms with E-state index < -0.39 is 18.0 Å². The van der Waals surface area contributed by atoms with Crippen LogP contribution >= 0.6 is 0 Å². The summed E-state index contributed by atoms with van der Waals surface area (Å²) >= 11 is 0. The van der Waals surface area contributed by atoms with Crippen molar-refractivity contribution in [3.63, 3.8) is 0 Å². The third-order valence-corrected chi connectivity index (χ3v) is 1.66. The van der Waals surface area contributed by atoms with Crippen LogP contribution in [0.25, 0.3) is 0 Å². The Bertz CT molecular complexity index is 216. The van der Waals surface area contributed by atoms with E-state index in [0.717, 1.165) is 0 Å². The minimum atomic E-state index is -0.702. The number of carbonyl (C=O) groups is 3. The number of carbonyl (C=O) groups excluding carboxylic acids is 3. The van der Waals surface area contributed by atoms with Gasteiger partial charge in [-0.25, -0.2) is 4.79 Å². The second kappa shape index (κ2) is 7.02. The summed E-state index contributed by atoms with van der Waals surface area (Å²) in [6.45, 7) is 0.0603. The van der Waals surface area contributed by atoms with Crippen molar-refractivity contribution in [3.05, 3.63) is 0 Å². The van der Waals surface area contributed by atoms with E-state index in [9.17, 15) is 14.4 Å². The van der Waals surface area contributed by atoms with Crippen LogP contribution in [0.3, 0.4) is 0 Å². The number of likely N-dealkylation sites (N-methyl/N-ethyl adjacent to an activating group) is 1. The molecule has 1 unspecified atom stereocenters. The molecule has 6 nitrogen and oxygen atoms in total. The molecule has 0 aromatic carbocycles. The Kier molecular flexibility index (Phi) is 6.30. The normalized spacial score (nSPS) is 11.6. The molecule has 80 valence electrons. The molecule has 0 fully saturated rings. The number of hydrogen-bond donors (Lipinski definition) is 1. The first kappa shape index (κ1) is 12.6. The van der Waals surface area contributed by atoms with Gasteiger partial charge in [0, 0.05) is 6.42 Å². The molecule has 0 spiro atoms. The maximum Gasteiger partial charge on any atom is 0.330 e. The number of esters is 2. The molecule has 14 heavy (non-hydrogen) atoms. The molecule has 1 atom stereocenters. The van der Waals surface area contributed by atoms with Gasteiger partial charge in [0.25, 0.3) is 0 Å². The van der Waals surface area contributed by atoms with Gasteiger partial charge in [-0.05, 0) is 13.5 Å². The van der Waals surface area contributed by atoms with Crippen LogP contribution < -0.4 is 5.32 Å². The van der Waals surface area contributed by atoms with Gasteiger partial charge in [-0.1, -0.05) is 0 Å². The maximum absolute atomic E-state index is 11.0. The summed E-state index contributed by atoms with van der Waals surface area (Å²) in [5.41, 5.74) is 0. The molecule has 0 aromatic rings. The molecule has 0 aromatic heterocycles. The third-order valence-electron chi connectivity index (χ3n) is 1.66. The fourth-order valence-corrected chi connectivity index (χ4v) is 0.874. The lowest BCUT2D eigenvalue weighted by Crippen LogP contribution is -2.35. The first-order chi connectivity index (χ1) is 6.65. The number of nitrogens with one attached hydrogen (secondary N) is 1. The quantitative estimate of drug-likeness (QED) is 0.346. The van der Waals surface area contributed by atoms with Gasteiger partial charge < -0.3 is 14.8 Å². The van der Waals surface area contributed by atoms with E-state index in [1.807, 2.05) is 0 Å². The molecule has 6 heteroatoms. The van der Waals surface area contributed by atoms with Crippen molar-refractivity contribution in [2.75, 3.05) is 14.2 Å². The number of ether oxygens (including phenoxy) is 2. The lowest BCUT2D eigenvalue weighted by molar-refractivity contribution is -0.153. The Morgan fingerprint density at radius 2 is 2.14 bits per heavy atom. The Hall–Kier alpha value is -1.43. The fourth-order valence-electron chi connectivity index (χ4n) is 0.874. The highest BCUT2D eigenvalue weighted by atomic mass is 16.6. The second-order valence-electron chi connectivity index (χ2n) is 2.49. The van der Waals surface area contributed by atoms with E-state index in [2.05, 4.69) is 14.8 Å². The minimum absolute atomic E-state index is 0.0603. The van der Waals surface area contributed by atoms with Crippen LogP contribution in [0.4, 0.5) is 0 Å². The highest BCUT2D eigenvalue weighted by molar-refractivity contribution is 5.82. The first-order valence-electron chi connectivity index (χ1n) is 4.04. The average molecular weight is 203 g/mol. The predicted octanol–water partition coefficient (Wildman–Crippen LogP) is -0.773. The van der Waals surface area contributed by atoms with Gasteiger partial charge in [0.1, 0.15) is 6.04 Å².